The third-order valence-electron chi connectivity index (χ3n) is 4.14. The van der Waals surface area contributed by atoms with Crippen molar-refractivity contribution < 1.29 is 18.3 Å². The summed E-state index contributed by atoms with van der Waals surface area (Å²) >= 11 is 0. The second kappa shape index (κ2) is 7.72. The first kappa shape index (κ1) is 18.6. The van der Waals surface area contributed by atoms with Crippen LogP contribution in [0.3, 0.4) is 0 Å². The smallest absolute Gasteiger partial charge is 0.446 e. The summed E-state index contributed by atoms with van der Waals surface area (Å²) in [7, 11) is 5.59. The summed E-state index contributed by atoms with van der Waals surface area (Å²) in [6.45, 7) is 0.0663. The molecular formula is C18H13BFN5O4. The molecule has 2 aromatic heterocycles. The summed E-state index contributed by atoms with van der Waals surface area (Å²) in [5, 5.41) is 11.1. The van der Waals surface area contributed by atoms with E-state index < -0.39 is 17.6 Å². The van der Waals surface area contributed by atoms with Gasteiger partial charge >= 0.3 is 5.76 Å². The highest BCUT2D eigenvalue weighted by Crippen LogP contribution is 2.26. The van der Waals surface area contributed by atoms with Crippen molar-refractivity contribution in [2.75, 3.05) is 6.61 Å². The number of ether oxygens (including phenoxy) is 1. The molecule has 0 aliphatic carbocycles. The lowest BCUT2D eigenvalue weighted by molar-refractivity contribution is 0.243. The number of nitrogens with zero attached hydrogens (tertiary/aromatic N) is 4. The van der Waals surface area contributed by atoms with Crippen LogP contribution in [0, 0.1) is 5.82 Å². The van der Waals surface area contributed by atoms with Crippen molar-refractivity contribution in [3.63, 3.8) is 0 Å². The number of halogens is 1. The fourth-order valence-electron chi connectivity index (χ4n) is 2.67. The molecule has 2 radical (unpaired) electrons. The Hall–Kier alpha value is -3.73. The summed E-state index contributed by atoms with van der Waals surface area (Å²) in [5.74, 6) is -1.54. The lowest BCUT2D eigenvalue weighted by atomic mass is 9.95. The fraction of sp³-hybridized carbons (Fsp3) is 0.111. The predicted molar refractivity (Wildman–Crippen MR) is 99.6 cm³/mol. The van der Waals surface area contributed by atoms with E-state index in [0.717, 1.165) is 16.2 Å². The van der Waals surface area contributed by atoms with Crippen LogP contribution in [-0.4, -0.2) is 34.5 Å². The van der Waals surface area contributed by atoms with E-state index in [9.17, 15) is 9.18 Å². The Morgan fingerprint density at radius 2 is 1.97 bits per heavy atom. The van der Waals surface area contributed by atoms with Gasteiger partial charge in [-0.25, -0.2) is 18.4 Å². The Labute approximate surface area is 164 Å². The van der Waals surface area contributed by atoms with Crippen LogP contribution >= 0.6 is 0 Å². The number of benzene rings is 2. The van der Waals surface area contributed by atoms with E-state index in [0.29, 0.717) is 0 Å². The Bertz CT molecular complexity index is 1190. The van der Waals surface area contributed by atoms with Gasteiger partial charge in [0.25, 0.3) is 5.88 Å². The molecule has 0 saturated carbocycles. The molecule has 4 rings (SSSR count). The van der Waals surface area contributed by atoms with Gasteiger partial charge in [-0.3, -0.25) is 4.52 Å². The zero-order valence-corrected chi connectivity index (χ0v) is 14.9. The molecule has 2 aromatic carbocycles. The number of aromatic nitrogens is 4. The molecule has 2 heterocycles. The molecule has 11 heteroatoms. The topological polar surface area (TPSA) is 122 Å². The van der Waals surface area contributed by atoms with E-state index in [-0.39, 0.29) is 35.2 Å². The molecule has 29 heavy (non-hydrogen) atoms. The van der Waals surface area contributed by atoms with Crippen molar-refractivity contribution in [2.45, 2.75) is 6.04 Å². The minimum absolute atomic E-state index is 0.0130. The Morgan fingerprint density at radius 3 is 2.72 bits per heavy atom. The van der Waals surface area contributed by atoms with Gasteiger partial charge in [-0.15, -0.1) is 0 Å². The van der Waals surface area contributed by atoms with Crippen molar-refractivity contribution in [1.29, 1.82) is 0 Å². The Balaban J connectivity index is 1.64. The summed E-state index contributed by atoms with van der Waals surface area (Å²) in [5.41, 5.74) is 7.07. The molecule has 4 aromatic rings. The SMILES string of the molecule is [B]c1cc(-n2c(-c3nonc3OCC(N)c3ccccc3)noc2=O)ccc1F. The van der Waals surface area contributed by atoms with Gasteiger partial charge in [0.2, 0.25) is 11.5 Å². The molecule has 144 valence electrons. The number of hydrogen-bond acceptors (Lipinski definition) is 8. The minimum atomic E-state index is -0.832. The highest BCUT2D eigenvalue weighted by Gasteiger charge is 2.24. The molecule has 2 N–H and O–H groups in total. The number of nitrogens with two attached hydrogens (primary N) is 1. The highest BCUT2D eigenvalue weighted by atomic mass is 19.1. The molecule has 0 saturated heterocycles. The molecule has 9 nitrogen and oxygen atoms in total. The van der Waals surface area contributed by atoms with Crippen LogP contribution in [0.15, 0.2) is 62.5 Å². The fourth-order valence-corrected chi connectivity index (χ4v) is 2.67. The molecule has 0 fully saturated rings. The summed E-state index contributed by atoms with van der Waals surface area (Å²) in [6.07, 6.45) is 0. The quantitative estimate of drug-likeness (QED) is 0.480. The zero-order valence-electron chi connectivity index (χ0n) is 14.9. The molecule has 0 amide bonds. The standard InChI is InChI=1S/C18H13BFN5O4/c19-12-8-11(6-7-13(12)20)25-16(23-28-18(25)26)15-17(24-29-22-15)27-9-14(21)10-4-2-1-3-5-10/h1-8,14H,9,21H2. The van der Waals surface area contributed by atoms with Crippen molar-refractivity contribution in [3.8, 4) is 23.1 Å². The second-order valence-corrected chi connectivity index (χ2v) is 6.06. The first-order valence-electron chi connectivity index (χ1n) is 8.45. The maximum Gasteiger partial charge on any atom is 0.446 e. The largest absolute Gasteiger partial charge is 0.472 e. The Kier molecular flexibility index (Phi) is 4.96. The van der Waals surface area contributed by atoms with Gasteiger partial charge in [-0.05, 0) is 34.1 Å². The molecule has 0 aliphatic heterocycles. The van der Waals surface area contributed by atoms with Crippen molar-refractivity contribution in [1.82, 2.24) is 20.0 Å². The normalized spacial score (nSPS) is 12.1. The van der Waals surface area contributed by atoms with Gasteiger partial charge in [0.15, 0.2) is 0 Å². The average molecular weight is 393 g/mol. The molecular weight excluding hydrogens is 380 g/mol. The van der Waals surface area contributed by atoms with Crippen LogP contribution < -0.4 is 21.7 Å². The van der Waals surface area contributed by atoms with Gasteiger partial charge < -0.3 is 10.5 Å². The second-order valence-electron chi connectivity index (χ2n) is 6.06. The molecule has 1 unspecified atom stereocenters. The van der Waals surface area contributed by atoms with E-state index in [1.165, 1.54) is 12.1 Å². The molecule has 0 bridgehead atoms. The maximum absolute atomic E-state index is 13.5. The predicted octanol–water partition coefficient (Wildman–Crippen LogP) is 0.887. The van der Waals surface area contributed by atoms with E-state index >= 15 is 0 Å². The average Bonchev–Trinajstić information content (AvgIpc) is 3.35. The van der Waals surface area contributed by atoms with Crippen LogP contribution in [0.2, 0.25) is 0 Å². The van der Waals surface area contributed by atoms with Crippen LogP contribution in [0.25, 0.3) is 17.2 Å². The number of hydrogen-bond donors (Lipinski definition) is 1. The first-order chi connectivity index (χ1) is 14.0. The van der Waals surface area contributed by atoms with Crippen molar-refractivity contribution in [3.05, 3.63) is 70.5 Å². The Morgan fingerprint density at radius 1 is 1.17 bits per heavy atom. The molecule has 1 atom stereocenters. The van der Waals surface area contributed by atoms with Crippen molar-refractivity contribution in [2.24, 2.45) is 5.73 Å². The first-order valence-corrected chi connectivity index (χ1v) is 8.45. The van der Waals surface area contributed by atoms with Crippen LogP contribution in [0.5, 0.6) is 5.88 Å². The lowest BCUT2D eigenvalue weighted by Gasteiger charge is -2.12. The van der Waals surface area contributed by atoms with Gasteiger partial charge in [0.1, 0.15) is 20.3 Å². The van der Waals surface area contributed by atoms with Gasteiger partial charge in [-0.1, -0.05) is 41.0 Å². The van der Waals surface area contributed by atoms with Gasteiger partial charge in [0, 0.05) is 0 Å². The van der Waals surface area contributed by atoms with E-state index in [4.69, 9.17) is 27.5 Å². The minimum Gasteiger partial charge on any atom is -0.472 e. The third-order valence-corrected chi connectivity index (χ3v) is 4.14. The lowest BCUT2D eigenvalue weighted by Crippen LogP contribution is -2.19. The summed E-state index contributed by atoms with van der Waals surface area (Å²) in [6, 6.07) is 12.6. The van der Waals surface area contributed by atoms with E-state index in [1.54, 1.807) is 0 Å². The third kappa shape index (κ3) is 3.67. The zero-order chi connectivity index (χ0) is 20.4. The van der Waals surface area contributed by atoms with Crippen LogP contribution in [0.1, 0.15) is 11.6 Å². The number of rotatable bonds is 6. The maximum atomic E-state index is 13.5. The molecule has 0 aliphatic rings. The molecule has 0 spiro atoms. The van der Waals surface area contributed by atoms with E-state index in [1.807, 2.05) is 30.3 Å². The van der Waals surface area contributed by atoms with Crippen LogP contribution in [-0.2, 0) is 0 Å². The van der Waals surface area contributed by atoms with Gasteiger partial charge in [-0.2, -0.15) is 0 Å². The van der Waals surface area contributed by atoms with Crippen molar-refractivity contribution >= 4 is 13.3 Å². The van der Waals surface area contributed by atoms with Crippen LogP contribution in [0.4, 0.5) is 4.39 Å². The highest BCUT2D eigenvalue weighted by molar-refractivity contribution is 6.32. The van der Waals surface area contributed by atoms with E-state index in [2.05, 4.69) is 15.5 Å². The monoisotopic (exact) mass is 393 g/mol. The summed E-state index contributed by atoms with van der Waals surface area (Å²) in [4.78, 5) is 12.2. The van der Waals surface area contributed by atoms with Gasteiger partial charge in [0.05, 0.1) is 11.7 Å². The summed E-state index contributed by atoms with van der Waals surface area (Å²) < 4.78 is 29.6.